The second-order valence-corrected chi connectivity index (χ2v) is 9.71. The van der Waals surface area contributed by atoms with E-state index in [1.807, 2.05) is 0 Å². The van der Waals surface area contributed by atoms with Gasteiger partial charge in [-0.05, 0) is 23.6 Å². The minimum atomic E-state index is -3.89. The number of sulfonamides is 1. The molecule has 4 aromatic rings. The number of aliphatic hydroxyl groups excluding tert-OH is 1. The zero-order valence-electron chi connectivity index (χ0n) is 18.3. The van der Waals surface area contributed by atoms with Crippen molar-refractivity contribution in [1.82, 2.24) is 9.97 Å². The molecule has 178 valence electrons. The number of methoxy groups -OCH3 is 2. The van der Waals surface area contributed by atoms with E-state index in [2.05, 4.69) is 20.0 Å². The molecule has 0 bridgehead atoms. The van der Waals surface area contributed by atoms with Crippen molar-refractivity contribution >= 4 is 49.7 Å². The largest absolute Gasteiger partial charge is 0.497 e. The highest BCUT2D eigenvalue weighted by Gasteiger charge is 2.22. The van der Waals surface area contributed by atoms with Gasteiger partial charge in [0.05, 0.1) is 37.5 Å². The molecule has 0 aliphatic heterocycles. The Kier molecular flexibility index (Phi) is 7.01. The van der Waals surface area contributed by atoms with Gasteiger partial charge in [0.25, 0.3) is 10.0 Å². The number of hydrogen-bond acceptors (Lipinski definition) is 10. The number of benzene rings is 2. The first-order chi connectivity index (χ1) is 16.4. The SMILES string of the molecule is COc1cc(Nc2nc3ccccc3nc2NS(=O)(=O)c2cccs2)c(OCCO)c(OC)c1. The van der Waals surface area contributed by atoms with Crippen molar-refractivity contribution in [1.29, 1.82) is 0 Å². The van der Waals surface area contributed by atoms with Crippen molar-refractivity contribution in [3.63, 3.8) is 0 Å². The van der Waals surface area contributed by atoms with Crippen LogP contribution in [0.2, 0.25) is 0 Å². The standard InChI is InChI=1S/C22H22N4O6S2/c1-30-14-12-17(20(32-10-9-27)18(13-14)31-2)25-21-22(24-16-7-4-3-6-15(16)23-21)26-34(28,29)19-8-5-11-33-19/h3-8,11-13,27H,9-10H2,1-2H3,(H,23,25)(H,24,26). The number of nitrogens with zero attached hydrogens (tertiary/aromatic N) is 2. The van der Waals surface area contributed by atoms with Gasteiger partial charge in [-0.15, -0.1) is 11.3 Å². The summed E-state index contributed by atoms with van der Waals surface area (Å²) in [6.45, 7) is -0.200. The Bertz CT molecular complexity index is 1390. The average Bonchev–Trinajstić information content (AvgIpc) is 3.39. The first-order valence-corrected chi connectivity index (χ1v) is 12.4. The molecule has 0 saturated heterocycles. The maximum Gasteiger partial charge on any atom is 0.272 e. The molecular formula is C22H22N4O6S2. The molecule has 2 aromatic heterocycles. The number of aliphatic hydroxyl groups is 1. The molecule has 34 heavy (non-hydrogen) atoms. The fourth-order valence-corrected chi connectivity index (χ4v) is 5.12. The van der Waals surface area contributed by atoms with Crippen molar-refractivity contribution in [2.24, 2.45) is 0 Å². The van der Waals surface area contributed by atoms with Gasteiger partial charge in [0.2, 0.25) is 0 Å². The van der Waals surface area contributed by atoms with Gasteiger partial charge in [0.1, 0.15) is 16.6 Å². The van der Waals surface area contributed by atoms with E-state index in [-0.39, 0.29) is 29.1 Å². The Balaban J connectivity index is 1.83. The number of ether oxygens (including phenoxy) is 3. The summed E-state index contributed by atoms with van der Waals surface area (Å²) in [7, 11) is -0.915. The minimum absolute atomic E-state index is 0.00185. The molecule has 0 aliphatic carbocycles. The molecule has 2 heterocycles. The maximum absolute atomic E-state index is 12.9. The van der Waals surface area contributed by atoms with Crippen LogP contribution in [0.5, 0.6) is 17.2 Å². The molecule has 0 unspecified atom stereocenters. The van der Waals surface area contributed by atoms with Crippen LogP contribution in [-0.4, -0.2) is 50.9 Å². The van der Waals surface area contributed by atoms with E-state index in [1.165, 1.54) is 20.3 Å². The van der Waals surface area contributed by atoms with Crippen LogP contribution in [0.25, 0.3) is 11.0 Å². The highest BCUT2D eigenvalue weighted by atomic mass is 32.2. The zero-order chi connectivity index (χ0) is 24.1. The molecule has 12 heteroatoms. The molecule has 0 saturated carbocycles. The summed E-state index contributed by atoms with van der Waals surface area (Å²) < 4.78 is 45.0. The van der Waals surface area contributed by atoms with Crippen LogP contribution < -0.4 is 24.2 Å². The third kappa shape index (κ3) is 4.98. The monoisotopic (exact) mass is 502 g/mol. The average molecular weight is 503 g/mol. The fraction of sp³-hybridized carbons (Fsp3) is 0.182. The number of aromatic nitrogens is 2. The zero-order valence-corrected chi connectivity index (χ0v) is 19.9. The number of para-hydroxylation sites is 2. The van der Waals surface area contributed by atoms with E-state index in [0.29, 0.717) is 34.0 Å². The number of hydrogen-bond donors (Lipinski definition) is 3. The van der Waals surface area contributed by atoms with Gasteiger partial charge >= 0.3 is 0 Å². The molecule has 2 aromatic carbocycles. The molecule has 0 amide bonds. The van der Waals surface area contributed by atoms with Crippen molar-refractivity contribution in [2.75, 3.05) is 37.5 Å². The van der Waals surface area contributed by atoms with E-state index in [9.17, 15) is 13.5 Å². The number of fused-ring (bicyclic) bond motifs is 1. The van der Waals surface area contributed by atoms with Gasteiger partial charge in [-0.3, -0.25) is 4.72 Å². The molecular weight excluding hydrogens is 480 g/mol. The van der Waals surface area contributed by atoms with Gasteiger partial charge in [-0.1, -0.05) is 18.2 Å². The summed E-state index contributed by atoms with van der Waals surface area (Å²) in [6.07, 6.45) is 0. The highest BCUT2D eigenvalue weighted by Crippen LogP contribution is 2.41. The minimum Gasteiger partial charge on any atom is -0.497 e. The molecule has 0 fully saturated rings. The van der Waals surface area contributed by atoms with E-state index in [0.717, 1.165) is 11.3 Å². The summed E-state index contributed by atoms with van der Waals surface area (Å²) in [5.41, 5.74) is 1.44. The second kappa shape index (κ2) is 10.1. The normalized spacial score (nSPS) is 11.3. The van der Waals surface area contributed by atoms with Crippen molar-refractivity contribution < 1.29 is 27.7 Å². The third-order valence-corrected chi connectivity index (χ3v) is 7.37. The third-order valence-electron chi connectivity index (χ3n) is 4.64. The number of nitrogens with one attached hydrogen (secondary N) is 2. The summed E-state index contributed by atoms with van der Waals surface area (Å²) >= 11 is 1.09. The maximum atomic E-state index is 12.9. The van der Waals surface area contributed by atoms with Gasteiger partial charge in [0, 0.05) is 12.1 Å². The van der Waals surface area contributed by atoms with Crippen LogP contribution in [0.3, 0.4) is 0 Å². The van der Waals surface area contributed by atoms with Crippen molar-refractivity contribution in [2.45, 2.75) is 4.21 Å². The van der Waals surface area contributed by atoms with Crippen LogP contribution >= 0.6 is 11.3 Å². The summed E-state index contributed by atoms with van der Waals surface area (Å²) in [6, 6.07) is 13.5. The lowest BCUT2D eigenvalue weighted by Crippen LogP contribution is -2.15. The molecule has 0 aliphatic rings. The van der Waals surface area contributed by atoms with Gasteiger partial charge < -0.3 is 24.6 Å². The quantitative estimate of drug-likeness (QED) is 0.297. The van der Waals surface area contributed by atoms with Crippen LogP contribution in [0.4, 0.5) is 17.3 Å². The Morgan fingerprint density at radius 3 is 2.35 bits per heavy atom. The molecule has 0 atom stereocenters. The smallest absolute Gasteiger partial charge is 0.272 e. The predicted molar refractivity (Wildman–Crippen MR) is 130 cm³/mol. The predicted octanol–water partition coefficient (Wildman–Crippen LogP) is 3.62. The van der Waals surface area contributed by atoms with Gasteiger partial charge in [-0.25, -0.2) is 18.4 Å². The topological polar surface area (TPSA) is 132 Å². The number of rotatable bonds is 10. The molecule has 0 radical (unpaired) electrons. The Morgan fingerprint density at radius 1 is 1.00 bits per heavy atom. The molecule has 3 N–H and O–H groups in total. The Hall–Kier alpha value is -3.61. The van der Waals surface area contributed by atoms with E-state index in [1.54, 1.807) is 47.8 Å². The van der Waals surface area contributed by atoms with Crippen molar-refractivity contribution in [3.05, 3.63) is 53.9 Å². The second-order valence-electron chi connectivity index (χ2n) is 6.85. The van der Waals surface area contributed by atoms with Crippen molar-refractivity contribution in [3.8, 4) is 17.2 Å². The Morgan fingerprint density at radius 2 is 1.74 bits per heavy atom. The fourth-order valence-electron chi connectivity index (χ4n) is 3.12. The lowest BCUT2D eigenvalue weighted by Gasteiger charge is -2.18. The summed E-state index contributed by atoms with van der Waals surface area (Å²) in [5, 5.41) is 14.0. The molecule has 10 nitrogen and oxygen atoms in total. The highest BCUT2D eigenvalue weighted by molar-refractivity contribution is 7.94. The number of anilines is 3. The molecule has 0 spiro atoms. The van der Waals surface area contributed by atoms with Gasteiger partial charge in [0.15, 0.2) is 23.1 Å². The number of thiophene rings is 1. The molecule has 4 rings (SSSR count). The lowest BCUT2D eigenvalue weighted by atomic mass is 10.2. The van der Waals surface area contributed by atoms with Gasteiger partial charge in [-0.2, -0.15) is 0 Å². The van der Waals surface area contributed by atoms with Crippen LogP contribution in [-0.2, 0) is 10.0 Å². The van der Waals surface area contributed by atoms with E-state index >= 15 is 0 Å². The van der Waals surface area contributed by atoms with Crippen LogP contribution in [0.15, 0.2) is 58.1 Å². The first kappa shape index (κ1) is 23.5. The van der Waals surface area contributed by atoms with E-state index in [4.69, 9.17) is 14.2 Å². The lowest BCUT2D eigenvalue weighted by molar-refractivity contribution is 0.197. The van der Waals surface area contributed by atoms with Crippen LogP contribution in [0.1, 0.15) is 0 Å². The first-order valence-electron chi connectivity index (χ1n) is 10.0. The Labute approximate surface area is 200 Å². The van der Waals surface area contributed by atoms with Crippen LogP contribution in [0, 0.1) is 0 Å². The summed E-state index contributed by atoms with van der Waals surface area (Å²) in [5.74, 6) is 1.25. The summed E-state index contributed by atoms with van der Waals surface area (Å²) in [4.78, 5) is 9.07. The van der Waals surface area contributed by atoms with E-state index < -0.39 is 10.0 Å².